The molecule has 0 spiro atoms. The Morgan fingerprint density at radius 2 is 1.47 bits per heavy atom. The Balaban J connectivity index is 1.74. The van der Waals surface area contributed by atoms with Gasteiger partial charge in [-0.15, -0.1) is 0 Å². The summed E-state index contributed by atoms with van der Waals surface area (Å²) in [6.45, 7) is 4.98. The molecular weight excluding hydrogens is 392 g/mol. The number of benzene rings is 1. The highest BCUT2D eigenvalue weighted by atomic mass is 32.1. The van der Waals surface area contributed by atoms with E-state index in [0.717, 1.165) is 21.8 Å². The van der Waals surface area contributed by atoms with Crippen LogP contribution in [0, 0.1) is 6.92 Å². The Bertz CT molecular complexity index is 1070. The predicted molar refractivity (Wildman–Crippen MR) is 118 cm³/mol. The fourth-order valence-electron chi connectivity index (χ4n) is 3.25. The Kier molecular flexibility index (Phi) is 5.95. The van der Waals surface area contributed by atoms with Gasteiger partial charge in [0.15, 0.2) is 43.0 Å². The molecule has 3 heterocycles. The number of carbonyl (C=O) groups excluding carboxylic acids is 1. The van der Waals surface area contributed by atoms with E-state index in [4.69, 9.17) is 4.98 Å². The van der Waals surface area contributed by atoms with Crippen LogP contribution in [0.25, 0.3) is 0 Å². The standard InChI is InChI=1S/C24H24N4OS/c1-19-9-11-21(12-10-19)28(20(2)29)24-25-22(17-26-13-5-3-6-14-26)23(30-24)18-27-15-7-4-8-16-27/h3-16H,17-18H2,1-2H3/q+2. The molecule has 1 aromatic carbocycles. The second kappa shape index (κ2) is 8.97. The summed E-state index contributed by atoms with van der Waals surface area (Å²) in [5, 5.41) is 0.699. The van der Waals surface area contributed by atoms with E-state index in [2.05, 4.69) is 9.13 Å². The summed E-state index contributed by atoms with van der Waals surface area (Å²) in [6, 6.07) is 20.0. The van der Waals surface area contributed by atoms with Gasteiger partial charge in [0, 0.05) is 31.2 Å². The van der Waals surface area contributed by atoms with Crippen molar-refractivity contribution in [2.75, 3.05) is 4.90 Å². The Hall–Kier alpha value is -3.38. The molecule has 0 unspecified atom stereocenters. The molecule has 0 saturated carbocycles. The summed E-state index contributed by atoms with van der Waals surface area (Å²) in [7, 11) is 0. The van der Waals surface area contributed by atoms with E-state index < -0.39 is 0 Å². The molecule has 0 radical (unpaired) electrons. The monoisotopic (exact) mass is 416 g/mol. The lowest BCUT2D eigenvalue weighted by molar-refractivity contribution is -0.693. The molecule has 3 aromatic heterocycles. The van der Waals surface area contributed by atoms with E-state index in [-0.39, 0.29) is 5.91 Å². The molecule has 1 amide bonds. The number of carbonyl (C=O) groups is 1. The maximum Gasteiger partial charge on any atom is 0.230 e. The van der Waals surface area contributed by atoms with E-state index in [1.807, 2.05) is 92.4 Å². The van der Waals surface area contributed by atoms with Gasteiger partial charge in [0.1, 0.15) is 10.6 Å². The van der Waals surface area contributed by atoms with Gasteiger partial charge in [0.25, 0.3) is 0 Å². The van der Waals surface area contributed by atoms with E-state index in [9.17, 15) is 4.79 Å². The fraction of sp³-hybridized carbons (Fsp3) is 0.167. The van der Waals surface area contributed by atoms with Crippen LogP contribution in [0.3, 0.4) is 0 Å². The van der Waals surface area contributed by atoms with Crippen LogP contribution in [0.5, 0.6) is 0 Å². The number of pyridine rings is 2. The maximum atomic E-state index is 12.5. The molecule has 0 bridgehead atoms. The first-order chi connectivity index (χ1) is 14.6. The van der Waals surface area contributed by atoms with Crippen molar-refractivity contribution in [2.24, 2.45) is 0 Å². The fourth-order valence-corrected chi connectivity index (χ4v) is 4.39. The van der Waals surface area contributed by atoms with Gasteiger partial charge in [-0.1, -0.05) is 41.2 Å². The zero-order valence-corrected chi connectivity index (χ0v) is 17.9. The van der Waals surface area contributed by atoms with Gasteiger partial charge in [-0.3, -0.25) is 9.69 Å². The molecule has 4 aromatic rings. The van der Waals surface area contributed by atoms with Crippen molar-refractivity contribution in [3.63, 3.8) is 0 Å². The van der Waals surface area contributed by atoms with Gasteiger partial charge in [0.2, 0.25) is 5.91 Å². The third-order valence-electron chi connectivity index (χ3n) is 4.78. The largest absolute Gasteiger partial charge is 0.274 e. The Labute approximate surface area is 180 Å². The van der Waals surface area contributed by atoms with Crippen molar-refractivity contribution in [3.05, 3.63) is 102 Å². The van der Waals surface area contributed by atoms with Gasteiger partial charge < -0.3 is 0 Å². The minimum Gasteiger partial charge on any atom is -0.274 e. The van der Waals surface area contributed by atoms with Crippen molar-refractivity contribution in [2.45, 2.75) is 26.9 Å². The third kappa shape index (κ3) is 4.60. The zero-order valence-electron chi connectivity index (χ0n) is 17.1. The summed E-state index contributed by atoms with van der Waals surface area (Å²) < 4.78 is 4.22. The summed E-state index contributed by atoms with van der Waals surface area (Å²) in [6.07, 6.45) is 8.14. The van der Waals surface area contributed by atoms with Crippen LogP contribution in [0.15, 0.2) is 85.5 Å². The summed E-state index contributed by atoms with van der Waals surface area (Å²) >= 11 is 1.57. The quantitative estimate of drug-likeness (QED) is 0.449. The number of hydrogen-bond donors (Lipinski definition) is 0. The first-order valence-electron chi connectivity index (χ1n) is 9.84. The number of amides is 1. The number of anilines is 2. The highest BCUT2D eigenvalue weighted by Gasteiger charge is 2.24. The van der Waals surface area contributed by atoms with Crippen molar-refractivity contribution in [3.8, 4) is 0 Å². The van der Waals surface area contributed by atoms with E-state index in [1.165, 1.54) is 0 Å². The summed E-state index contributed by atoms with van der Waals surface area (Å²) in [5.74, 6) is -0.0505. The zero-order chi connectivity index (χ0) is 20.9. The molecule has 30 heavy (non-hydrogen) atoms. The number of aromatic nitrogens is 3. The number of thiazole rings is 1. The maximum absolute atomic E-state index is 12.5. The van der Waals surface area contributed by atoms with Crippen LogP contribution in [-0.4, -0.2) is 10.9 Å². The molecule has 0 fully saturated rings. The lowest BCUT2D eigenvalue weighted by Gasteiger charge is -2.18. The molecule has 4 rings (SSSR count). The molecule has 6 heteroatoms. The van der Waals surface area contributed by atoms with Crippen LogP contribution >= 0.6 is 11.3 Å². The van der Waals surface area contributed by atoms with Crippen molar-refractivity contribution in [1.82, 2.24) is 4.98 Å². The SMILES string of the molecule is CC(=O)N(c1ccc(C)cc1)c1nc(C[n+]2ccccc2)c(C[n+]2ccccc2)s1. The highest BCUT2D eigenvalue weighted by Crippen LogP contribution is 2.32. The second-order valence-corrected chi connectivity index (χ2v) is 8.21. The molecule has 0 N–H and O–H groups in total. The molecule has 0 aliphatic heterocycles. The first-order valence-corrected chi connectivity index (χ1v) is 10.7. The molecule has 5 nitrogen and oxygen atoms in total. The van der Waals surface area contributed by atoms with Crippen molar-refractivity contribution in [1.29, 1.82) is 0 Å². The molecule has 0 aliphatic rings. The van der Waals surface area contributed by atoms with Crippen LogP contribution in [0.2, 0.25) is 0 Å². The normalized spacial score (nSPS) is 10.7. The minimum absolute atomic E-state index is 0.0505. The van der Waals surface area contributed by atoms with Gasteiger partial charge in [0.05, 0.1) is 5.69 Å². The lowest BCUT2D eigenvalue weighted by atomic mass is 10.2. The van der Waals surface area contributed by atoms with E-state index in [0.29, 0.717) is 18.2 Å². The molecule has 150 valence electrons. The highest BCUT2D eigenvalue weighted by molar-refractivity contribution is 7.16. The minimum atomic E-state index is -0.0505. The van der Waals surface area contributed by atoms with Crippen LogP contribution in [0.1, 0.15) is 23.1 Å². The van der Waals surface area contributed by atoms with Gasteiger partial charge in [-0.2, -0.15) is 9.13 Å². The number of rotatable bonds is 6. The Morgan fingerprint density at radius 3 is 2.03 bits per heavy atom. The molecule has 0 aliphatic carbocycles. The van der Waals surface area contributed by atoms with Gasteiger partial charge in [-0.05, 0) is 19.1 Å². The van der Waals surface area contributed by atoms with Crippen molar-refractivity contribution < 1.29 is 13.9 Å². The van der Waals surface area contributed by atoms with E-state index >= 15 is 0 Å². The molecule has 0 atom stereocenters. The Morgan fingerprint density at radius 1 is 0.900 bits per heavy atom. The van der Waals surface area contributed by atoms with Gasteiger partial charge >= 0.3 is 0 Å². The topological polar surface area (TPSA) is 41.0 Å². The van der Waals surface area contributed by atoms with E-state index in [1.54, 1.807) is 23.2 Å². The smallest absolute Gasteiger partial charge is 0.230 e. The molecular formula is C24H24N4OS+2. The first kappa shape index (κ1) is 19.9. The average Bonchev–Trinajstić information content (AvgIpc) is 3.12. The molecule has 0 saturated heterocycles. The van der Waals surface area contributed by atoms with Crippen molar-refractivity contribution >= 4 is 28.1 Å². The third-order valence-corrected chi connectivity index (χ3v) is 5.85. The van der Waals surface area contributed by atoms with Crippen LogP contribution in [-0.2, 0) is 17.9 Å². The predicted octanol–water partition coefficient (Wildman–Crippen LogP) is 3.81. The number of hydrogen-bond acceptors (Lipinski definition) is 3. The number of aryl methyl sites for hydroxylation is 1. The van der Waals surface area contributed by atoms with Gasteiger partial charge in [-0.25, -0.2) is 4.98 Å². The average molecular weight is 417 g/mol. The summed E-state index contributed by atoms with van der Waals surface area (Å²) in [4.78, 5) is 20.3. The van der Waals surface area contributed by atoms with Crippen LogP contribution in [0.4, 0.5) is 10.8 Å². The lowest BCUT2D eigenvalue weighted by Crippen LogP contribution is -2.36. The summed E-state index contributed by atoms with van der Waals surface area (Å²) in [5.41, 5.74) is 2.96. The second-order valence-electron chi connectivity index (χ2n) is 7.15. The number of nitrogens with zero attached hydrogens (tertiary/aromatic N) is 4. The van der Waals surface area contributed by atoms with Crippen LogP contribution < -0.4 is 14.0 Å².